The Morgan fingerprint density at radius 3 is 1.30 bits per heavy atom. The molecule has 1 N–H and O–H groups in total. The first kappa shape index (κ1) is 9.96. The molecule has 0 unspecified atom stereocenters. The predicted octanol–water partition coefficient (Wildman–Crippen LogP) is 2.44. The van der Waals surface area contributed by atoms with Crippen molar-refractivity contribution in [2.45, 2.75) is 47.1 Å². The van der Waals surface area contributed by atoms with E-state index in [1.165, 1.54) is 0 Å². The Morgan fingerprint density at radius 1 is 1.00 bits per heavy atom. The summed E-state index contributed by atoms with van der Waals surface area (Å²) >= 11 is 0. The first-order chi connectivity index (χ1) is 4.15. The van der Waals surface area contributed by atoms with Crippen LogP contribution in [0, 0.1) is 11.3 Å². The second kappa shape index (κ2) is 2.54. The fraction of sp³-hybridized carbons (Fsp3) is 1.00. The molecule has 0 aliphatic heterocycles. The summed E-state index contributed by atoms with van der Waals surface area (Å²) in [5.41, 5.74) is -0.365. The Hall–Kier alpha value is -0.0400. The molecule has 0 bridgehead atoms. The maximum absolute atomic E-state index is 9.62. The second-order valence-electron chi connectivity index (χ2n) is 4.74. The van der Waals surface area contributed by atoms with Gasteiger partial charge in [0.2, 0.25) is 0 Å². The van der Waals surface area contributed by atoms with Gasteiger partial charge in [-0.1, -0.05) is 27.7 Å². The molecule has 0 fully saturated rings. The molecule has 62 valence electrons. The van der Waals surface area contributed by atoms with Crippen molar-refractivity contribution in [2.75, 3.05) is 0 Å². The van der Waals surface area contributed by atoms with Crippen LogP contribution in [0.1, 0.15) is 41.5 Å². The topological polar surface area (TPSA) is 20.2 Å². The van der Waals surface area contributed by atoms with Crippen LogP contribution in [0.25, 0.3) is 0 Å². The molecule has 0 rings (SSSR count). The molecule has 1 nitrogen and oxygen atoms in total. The second-order valence-corrected chi connectivity index (χ2v) is 4.74. The lowest BCUT2D eigenvalue weighted by Crippen LogP contribution is -2.37. The van der Waals surface area contributed by atoms with Gasteiger partial charge < -0.3 is 5.11 Å². The molecule has 1 heteroatoms. The Balaban J connectivity index is 4.23. The molecule has 0 saturated carbocycles. The van der Waals surface area contributed by atoms with Crippen LogP contribution in [0.15, 0.2) is 0 Å². The van der Waals surface area contributed by atoms with Crippen LogP contribution in [0.3, 0.4) is 0 Å². The highest BCUT2D eigenvalue weighted by atomic mass is 16.3. The van der Waals surface area contributed by atoms with Crippen LogP contribution in [0.2, 0.25) is 0 Å². The lowest BCUT2D eigenvalue weighted by atomic mass is 9.73. The van der Waals surface area contributed by atoms with Crippen molar-refractivity contribution in [2.24, 2.45) is 11.3 Å². The van der Waals surface area contributed by atoms with Crippen LogP contribution in [-0.2, 0) is 0 Å². The van der Waals surface area contributed by atoms with Crippen molar-refractivity contribution in [1.82, 2.24) is 0 Å². The van der Waals surface area contributed by atoms with Gasteiger partial charge in [0.1, 0.15) is 0 Å². The van der Waals surface area contributed by atoms with Gasteiger partial charge in [0.15, 0.2) is 0 Å². The quantitative estimate of drug-likeness (QED) is 0.599. The minimum Gasteiger partial charge on any atom is -0.390 e. The minimum atomic E-state index is -0.557. The van der Waals surface area contributed by atoms with E-state index in [0.29, 0.717) is 5.92 Å². The fourth-order valence-electron chi connectivity index (χ4n) is 1.06. The van der Waals surface area contributed by atoms with Gasteiger partial charge in [-0.25, -0.2) is 0 Å². The van der Waals surface area contributed by atoms with Crippen LogP contribution in [0.5, 0.6) is 0 Å². The molecule has 1 atom stereocenters. The Kier molecular flexibility index (Phi) is 2.53. The van der Waals surface area contributed by atoms with E-state index >= 15 is 0 Å². The van der Waals surface area contributed by atoms with Crippen molar-refractivity contribution in [3.05, 3.63) is 0 Å². The van der Waals surface area contributed by atoms with Crippen LogP contribution >= 0.6 is 0 Å². The molecular weight excluding hydrogens is 124 g/mol. The van der Waals surface area contributed by atoms with Crippen molar-refractivity contribution < 1.29 is 5.11 Å². The molecule has 0 aliphatic carbocycles. The third-order valence-corrected chi connectivity index (χ3v) is 2.36. The van der Waals surface area contributed by atoms with Crippen molar-refractivity contribution >= 4 is 0 Å². The third-order valence-electron chi connectivity index (χ3n) is 2.36. The molecule has 0 spiro atoms. The Labute approximate surface area is 64.5 Å². The van der Waals surface area contributed by atoms with Gasteiger partial charge in [0, 0.05) is 0 Å². The summed E-state index contributed by atoms with van der Waals surface area (Å²) in [4.78, 5) is 0. The average Bonchev–Trinajstić information content (AvgIpc) is 1.59. The molecule has 0 aliphatic rings. The minimum absolute atomic E-state index is 0.193. The molecule has 0 aromatic carbocycles. The zero-order chi connectivity index (χ0) is 8.58. The van der Waals surface area contributed by atoms with Gasteiger partial charge in [-0.15, -0.1) is 0 Å². The van der Waals surface area contributed by atoms with Gasteiger partial charge in [-0.3, -0.25) is 0 Å². The van der Waals surface area contributed by atoms with Crippen LogP contribution in [-0.4, -0.2) is 10.7 Å². The Morgan fingerprint density at radius 2 is 1.30 bits per heavy atom. The normalized spacial score (nSPS) is 17.1. The van der Waals surface area contributed by atoms with Gasteiger partial charge in [0.25, 0.3) is 0 Å². The average molecular weight is 144 g/mol. The molecule has 0 radical (unpaired) electrons. The standard InChI is InChI=1S/C9H20O/c1-7(8(2,3)4)9(5,6)10/h7,10H,1-6H3/t7-/m1/s1. The lowest BCUT2D eigenvalue weighted by Gasteiger charge is -2.36. The molecule has 0 heterocycles. The highest BCUT2D eigenvalue weighted by molar-refractivity contribution is 4.82. The largest absolute Gasteiger partial charge is 0.390 e. The molecule has 0 aromatic rings. The number of hydrogen-bond acceptors (Lipinski definition) is 1. The van der Waals surface area contributed by atoms with E-state index in [0.717, 1.165) is 0 Å². The van der Waals surface area contributed by atoms with Crippen LogP contribution < -0.4 is 0 Å². The maximum Gasteiger partial charge on any atom is 0.0622 e. The van der Waals surface area contributed by atoms with E-state index < -0.39 is 5.60 Å². The van der Waals surface area contributed by atoms with E-state index in [1.54, 1.807) is 0 Å². The van der Waals surface area contributed by atoms with Crippen molar-refractivity contribution in [1.29, 1.82) is 0 Å². The van der Waals surface area contributed by atoms with E-state index in [1.807, 2.05) is 13.8 Å². The summed E-state index contributed by atoms with van der Waals surface area (Å²) in [6.07, 6.45) is 0. The zero-order valence-corrected chi connectivity index (χ0v) is 8.02. The van der Waals surface area contributed by atoms with E-state index in [4.69, 9.17) is 0 Å². The summed E-state index contributed by atoms with van der Waals surface area (Å²) in [6.45, 7) is 12.3. The number of hydrogen-bond donors (Lipinski definition) is 1. The van der Waals surface area contributed by atoms with E-state index in [2.05, 4.69) is 27.7 Å². The highest BCUT2D eigenvalue weighted by Gasteiger charge is 2.32. The third kappa shape index (κ3) is 2.70. The summed E-state index contributed by atoms with van der Waals surface area (Å²) in [6, 6.07) is 0. The maximum atomic E-state index is 9.62. The highest BCUT2D eigenvalue weighted by Crippen LogP contribution is 2.33. The Bertz CT molecular complexity index is 88.9. The van der Waals surface area contributed by atoms with Gasteiger partial charge >= 0.3 is 0 Å². The van der Waals surface area contributed by atoms with Crippen LogP contribution in [0.4, 0.5) is 0 Å². The molecule has 0 saturated heterocycles. The molecule has 10 heavy (non-hydrogen) atoms. The summed E-state index contributed by atoms with van der Waals surface area (Å²) in [5.74, 6) is 0.319. The van der Waals surface area contributed by atoms with Crippen molar-refractivity contribution in [3.63, 3.8) is 0 Å². The van der Waals surface area contributed by atoms with Gasteiger partial charge in [-0.2, -0.15) is 0 Å². The monoisotopic (exact) mass is 144 g/mol. The van der Waals surface area contributed by atoms with E-state index in [-0.39, 0.29) is 5.41 Å². The predicted molar refractivity (Wildman–Crippen MR) is 44.9 cm³/mol. The van der Waals surface area contributed by atoms with Gasteiger partial charge in [0.05, 0.1) is 5.60 Å². The first-order valence-electron chi connectivity index (χ1n) is 3.88. The lowest BCUT2D eigenvalue weighted by molar-refractivity contribution is -0.0227. The summed E-state index contributed by atoms with van der Waals surface area (Å²) < 4.78 is 0. The zero-order valence-electron chi connectivity index (χ0n) is 8.02. The molecule has 0 aromatic heterocycles. The summed E-state index contributed by atoms with van der Waals surface area (Å²) in [7, 11) is 0. The number of rotatable bonds is 1. The smallest absolute Gasteiger partial charge is 0.0622 e. The fourth-order valence-corrected chi connectivity index (χ4v) is 1.06. The molecular formula is C9H20O. The SMILES string of the molecule is C[C@H](C(C)(C)C)C(C)(C)O. The summed E-state index contributed by atoms with van der Waals surface area (Å²) in [5, 5.41) is 9.62. The first-order valence-corrected chi connectivity index (χ1v) is 3.88. The van der Waals surface area contributed by atoms with Crippen molar-refractivity contribution in [3.8, 4) is 0 Å². The van der Waals surface area contributed by atoms with E-state index in [9.17, 15) is 5.11 Å². The van der Waals surface area contributed by atoms with Gasteiger partial charge in [-0.05, 0) is 25.2 Å². The number of aliphatic hydroxyl groups is 1. The molecule has 0 amide bonds.